The number of anilines is 1. The maximum atomic E-state index is 12.0. The van der Waals surface area contributed by atoms with E-state index in [4.69, 9.17) is 4.98 Å². The van der Waals surface area contributed by atoms with Gasteiger partial charge in [-0.25, -0.2) is 4.98 Å². The van der Waals surface area contributed by atoms with E-state index >= 15 is 0 Å². The fourth-order valence-corrected chi connectivity index (χ4v) is 4.07. The first-order valence-corrected chi connectivity index (χ1v) is 9.44. The second-order valence-corrected chi connectivity index (χ2v) is 7.34. The molecule has 0 radical (unpaired) electrons. The lowest BCUT2D eigenvalue weighted by atomic mass is 10.1. The highest BCUT2D eigenvalue weighted by atomic mass is 32.1. The molecule has 4 aromatic rings. The van der Waals surface area contributed by atoms with E-state index in [0.29, 0.717) is 19.0 Å². The summed E-state index contributed by atoms with van der Waals surface area (Å²) in [5.74, 6) is 0.667. The molecule has 0 saturated heterocycles. The van der Waals surface area contributed by atoms with Gasteiger partial charge in [-0.3, -0.25) is 14.7 Å². The summed E-state index contributed by atoms with van der Waals surface area (Å²) in [6.07, 6.45) is 0. The summed E-state index contributed by atoms with van der Waals surface area (Å²) in [7, 11) is 0. The maximum absolute atomic E-state index is 12.0. The summed E-state index contributed by atoms with van der Waals surface area (Å²) in [4.78, 5) is 23.2. The van der Waals surface area contributed by atoms with Crippen LogP contribution in [-0.4, -0.2) is 36.6 Å². The Labute approximate surface area is 159 Å². The van der Waals surface area contributed by atoms with E-state index in [2.05, 4.69) is 25.2 Å². The molecule has 27 heavy (non-hydrogen) atoms. The van der Waals surface area contributed by atoms with Crippen molar-refractivity contribution in [2.75, 3.05) is 11.4 Å². The number of benzene rings is 1. The first-order chi connectivity index (χ1) is 13.1. The first kappa shape index (κ1) is 16.1. The smallest absolute Gasteiger partial charge is 0.226 e. The maximum Gasteiger partial charge on any atom is 0.226 e. The summed E-state index contributed by atoms with van der Waals surface area (Å²) in [6, 6.07) is 12.0. The lowest BCUT2D eigenvalue weighted by Crippen LogP contribution is -2.26. The molecule has 1 aliphatic heterocycles. The van der Waals surface area contributed by atoms with E-state index in [1.54, 1.807) is 11.8 Å². The van der Waals surface area contributed by atoms with Gasteiger partial charge in [-0.1, -0.05) is 16.6 Å². The van der Waals surface area contributed by atoms with E-state index in [-0.39, 0.29) is 5.91 Å². The second kappa shape index (κ2) is 5.95. The summed E-state index contributed by atoms with van der Waals surface area (Å²) in [5, 5.41) is 4.20. The predicted molar refractivity (Wildman–Crippen MR) is 105 cm³/mol. The largest absolute Gasteiger partial charge is 0.307 e. The van der Waals surface area contributed by atoms with Crippen molar-refractivity contribution in [1.29, 1.82) is 0 Å². The van der Waals surface area contributed by atoms with Crippen molar-refractivity contribution >= 4 is 33.6 Å². The fourth-order valence-electron chi connectivity index (χ4n) is 3.53. The minimum absolute atomic E-state index is 0.00629. The molecule has 0 atom stereocenters. The number of imidazole rings is 1. The van der Waals surface area contributed by atoms with Crippen LogP contribution in [-0.2, 0) is 11.3 Å². The number of carbonyl (C=O) groups excluding carboxylic acids is 1. The number of fused-ring (bicyclic) bond motifs is 2. The minimum Gasteiger partial charge on any atom is -0.307 e. The van der Waals surface area contributed by atoms with Gasteiger partial charge in [0.05, 0.1) is 16.1 Å². The average Bonchev–Trinajstić information content (AvgIpc) is 3.35. The van der Waals surface area contributed by atoms with Crippen molar-refractivity contribution in [3.05, 3.63) is 42.1 Å². The molecule has 7 nitrogen and oxygen atoms in total. The number of amides is 1. The van der Waals surface area contributed by atoms with Crippen LogP contribution in [0.25, 0.3) is 32.9 Å². The third-order valence-corrected chi connectivity index (χ3v) is 5.47. The average molecular weight is 376 g/mol. The van der Waals surface area contributed by atoms with Crippen LogP contribution in [0.5, 0.6) is 0 Å². The molecule has 8 heteroatoms. The highest BCUT2D eigenvalue weighted by molar-refractivity contribution is 7.12. The van der Waals surface area contributed by atoms with Gasteiger partial charge in [-0.15, -0.1) is 5.10 Å². The van der Waals surface area contributed by atoms with Gasteiger partial charge < -0.3 is 4.57 Å². The van der Waals surface area contributed by atoms with E-state index in [1.807, 2.05) is 37.3 Å². The number of aromatic nitrogens is 5. The standard InChI is InChI=1S/C19H16N6OS/c1-11-4-3-5-14(20-11)17-18(13-6-7-16-15(10-13)22-23-27-16)25-9-8-24(12(2)26)19(25)21-17/h3-7,10H,8-9H2,1-2H3. The van der Waals surface area contributed by atoms with Crippen LogP contribution in [0.4, 0.5) is 5.95 Å². The zero-order valence-electron chi connectivity index (χ0n) is 14.9. The molecule has 1 aromatic carbocycles. The second-order valence-electron chi connectivity index (χ2n) is 6.55. The van der Waals surface area contributed by atoms with E-state index in [0.717, 1.165) is 38.6 Å². The van der Waals surface area contributed by atoms with Crippen LogP contribution in [0.1, 0.15) is 12.6 Å². The van der Waals surface area contributed by atoms with Crippen molar-refractivity contribution in [3.63, 3.8) is 0 Å². The number of rotatable bonds is 2. The number of hydrogen-bond donors (Lipinski definition) is 0. The third kappa shape index (κ3) is 2.52. The molecule has 0 spiro atoms. The van der Waals surface area contributed by atoms with Gasteiger partial charge in [0.15, 0.2) is 0 Å². The van der Waals surface area contributed by atoms with Gasteiger partial charge >= 0.3 is 0 Å². The van der Waals surface area contributed by atoms with Crippen molar-refractivity contribution < 1.29 is 4.79 Å². The summed E-state index contributed by atoms with van der Waals surface area (Å²) < 4.78 is 7.17. The monoisotopic (exact) mass is 376 g/mol. The number of carbonyl (C=O) groups is 1. The zero-order chi connectivity index (χ0) is 18.5. The van der Waals surface area contributed by atoms with Crippen molar-refractivity contribution in [2.24, 2.45) is 0 Å². The molecule has 0 unspecified atom stereocenters. The lowest BCUT2D eigenvalue weighted by molar-refractivity contribution is -0.116. The van der Waals surface area contributed by atoms with Gasteiger partial charge in [0.1, 0.15) is 11.2 Å². The molecule has 3 aromatic heterocycles. The highest BCUT2D eigenvalue weighted by Crippen LogP contribution is 2.38. The normalized spacial score (nSPS) is 13.3. The lowest BCUT2D eigenvalue weighted by Gasteiger charge is -2.09. The highest BCUT2D eigenvalue weighted by Gasteiger charge is 2.30. The summed E-state index contributed by atoms with van der Waals surface area (Å²) in [6.45, 7) is 4.87. The molecule has 0 bridgehead atoms. The van der Waals surface area contributed by atoms with Crippen LogP contribution < -0.4 is 4.90 Å². The number of aryl methyl sites for hydroxylation is 1. The Morgan fingerprint density at radius 1 is 1.15 bits per heavy atom. The Morgan fingerprint density at radius 2 is 2.04 bits per heavy atom. The molecular formula is C19H16N6OS. The van der Waals surface area contributed by atoms with Gasteiger partial charge in [0, 0.05) is 31.3 Å². The van der Waals surface area contributed by atoms with Crippen molar-refractivity contribution in [3.8, 4) is 22.6 Å². The molecular weight excluding hydrogens is 360 g/mol. The Balaban J connectivity index is 1.77. The van der Waals surface area contributed by atoms with E-state index in [9.17, 15) is 4.79 Å². The molecule has 5 rings (SSSR count). The molecule has 0 saturated carbocycles. The van der Waals surface area contributed by atoms with E-state index in [1.165, 1.54) is 11.5 Å². The van der Waals surface area contributed by atoms with Crippen molar-refractivity contribution in [2.45, 2.75) is 20.4 Å². The van der Waals surface area contributed by atoms with Crippen LogP contribution in [0.2, 0.25) is 0 Å². The third-order valence-electron chi connectivity index (χ3n) is 4.77. The Morgan fingerprint density at radius 3 is 2.85 bits per heavy atom. The first-order valence-electron chi connectivity index (χ1n) is 8.67. The summed E-state index contributed by atoms with van der Waals surface area (Å²) >= 11 is 1.38. The molecule has 1 amide bonds. The van der Waals surface area contributed by atoms with Gasteiger partial charge in [0.2, 0.25) is 11.9 Å². The molecule has 4 heterocycles. The number of nitrogens with zero attached hydrogens (tertiary/aromatic N) is 6. The Kier molecular flexibility index (Phi) is 3.54. The van der Waals surface area contributed by atoms with Crippen LogP contribution in [0.3, 0.4) is 0 Å². The molecule has 0 fully saturated rings. The van der Waals surface area contributed by atoms with E-state index < -0.39 is 0 Å². The van der Waals surface area contributed by atoms with Gasteiger partial charge in [0.25, 0.3) is 0 Å². The SMILES string of the molecule is CC(=O)N1CCn2c1nc(-c1cccc(C)n1)c2-c1ccc2snnc2c1. The van der Waals surface area contributed by atoms with Gasteiger partial charge in [-0.05, 0) is 42.7 Å². The fraction of sp³-hybridized carbons (Fsp3) is 0.211. The molecule has 0 aliphatic carbocycles. The Hall–Kier alpha value is -3.13. The minimum atomic E-state index is -0.00629. The summed E-state index contributed by atoms with van der Waals surface area (Å²) in [5.41, 5.74) is 5.32. The Bertz CT molecular complexity index is 1190. The number of pyridine rings is 1. The topological polar surface area (TPSA) is 76.8 Å². The van der Waals surface area contributed by atoms with Crippen LogP contribution in [0.15, 0.2) is 36.4 Å². The molecule has 0 N–H and O–H groups in total. The quantitative estimate of drug-likeness (QED) is 0.536. The van der Waals surface area contributed by atoms with Crippen LogP contribution in [0, 0.1) is 6.92 Å². The molecule has 134 valence electrons. The zero-order valence-corrected chi connectivity index (χ0v) is 15.7. The van der Waals surface area contributed by atoms with Crippen molar-refractivity contribution in [1.82, 2.24) is 24.1 Å². The van der Waals surface area contributed by atoms with Crippen LogP contribution >= 0.6 is 11.5 Å². The van der Waals surface area contributed by atoms with Gasteiger partial charge in [-0.2, -0.15) is 0 Å². The molecule has 1 aliphatic rings. The number of hydrogen-bond acceptors (Lipinski definition) is 6. The predicted octanol–water partition coefficient (Wildman–Crippen LogP) is 3.29.